The lowest BCUT2D eigenvalue weighted by Crippen LogP contribution is -2.10. The fraction of sp³-hybridized carbons (Fsp3) is 0.235. The second-order valence-electron chi connectivity index (χ2n) is 4.43. The zero-order chi connectivity index (χ0) is 18.3. The van der Waals surface area contributed by atoms with Crippen LogP contribution in [0.5, 0.6) is 0 Å². The minimum absolute atomic E-state index is 0.0405. The molecule has 24 heavy (non-hydrogen) atoms. The maximum absolute atomic E-state index is 13.9. The number of pyridine rings is 1. The lowest BCUT2D eigenvalue weighted by Gasteiger charge is -2.11. The molecule has 2 aromatic rings. The van der Waals surface area contributed by atoms with Gasteiger partial charge in [0.25, 0.3) is 0 Å². The van der Waals surface area contributed by atoms with E-state index in [1.165, 1.54) is 12.1 Å². The van der Waals surface area contributed by atoms with Crippen molar-refractivity contribution in [3.05, 3.63) is 52.7 Å². The van der Waals surface area contributed by atoms with E-state index in [-0.39, 0.29) is 17.1 Å². The number of anilines is 2. The van der Waals surface area contributed by atoms with Gasteiger partial charge in [0.2, 0.25) is 0 Å². The molecule has 1 aromatic carbocycles. The zero-order valence-electron chi connectivity index (χ0n) is 13.8. The van der Waals surface area contributed by atoms with E-state index in [1.807, 2.05) is 13.8 Å². The molecule has 0 fully saturated rings. The standard InChI is InChI=1S/C15H11F2N3O2.C2H6/c1-8-3-4-12(10(16)5-8)19-14-9(15(21)22-2)6-11(17)13(7-18)20-14;1-2/h3-6H,1-2H3,(H,19,20);1-2H3. The first-order valence-corrected chi connectivity index (χ1v) is 7.18. The number of nitrogens with zero attached hydrogens (tertiary/aromatic N) is 2. The van der Waals surface area contributed by atoms with E-state index in [1.54, 1.807) is 19.1 Å². The van der Waals surface area contributed by atoms with Crippen LogP contribution in [0.1, 0.15) is 35.5 Å². The first-order valence-electron chi connectivity index (χ1n) is 7.18. The van der Waals surface area contributed by atoms with Crippen LogP contribution in [0.15, 0.2) is 24.3 Å². The molecular formula is C17H17F2N3O2. The normalized spacial score (nSPS) is 9.38. The Morgan fingerprint density at radius 1 is 1.25 bits per heavy atom. The number of carbonyl (C=O) groups is 1. The molecule has 0 atom stereocenters. The molecule has 0 bridgehead atoms. The molecule has 0 unspecified atom stereocenters. The summed E-state index contributed by atoms with van der Waals surface area (Å²) in [5, 5.41) is 11.4. The fourth-order valence-electron chi connectivity index (χ4n) is 1.78. The second kappa shape index (κ2) is 8.58. The summed E-state index contributed by atoms with van der Waals surface area (Å²) in [5.41, 5.74) is 0.00131. The van der Waals surface area contributed by atoms with E-state index < -0.39 is 23.3 Å². The Balaban J connectivity index is 0.00000139. The molecule has 1 aromatic heterocycles. The van der Waals surface area contributed by atoms with E-state index in [0.29, 0.717) is 5.56 Å². The van der Waals surface area contributed by atoms with Gasteiger partial charge in [-0.3, -0.25) is 0 Å². The molecule has 0 amide bonds. The molecule has 0 radical (unpaired) electrons. The monoisotopic (exact) mass is 333 g/mol. The van der Waals surface area contributed by atoms with Crippen molar-refractivity contribution in [1.29, 1.82) is 5.26 Å². The first kappa shape index (κ1) is 19.0. The van der Waals surface area contributed by atoms with Crippen LogP contribution >= 0.6 is 0 Å². The number of carbonyl (C=O) groups excluding carboxylic acids is 1. The number of benzene rings is 1. The van der Waals surface area contributed by atoms with Crippen molar-refractivity contribution in [2.75, 3.05) is 12.4 Å². The van der Waals surface area contributed by atoms with Gasteiger partial charge < -0.3 is 10.1 Å². The van der Waals surface area contributed by atoms with Crippen molar-refractivity contribution in [1.82, 2.24) is 4.98 Å². The average Bonchev–Trinajstić information content (AvgIpc) is 2.59. The molecule has 0 saturated carbocycles. The number of ether oxygens (including phenoxy) is 1. The Labute approximate surface area is 138 Å². The van der Waals surface area contributed by atoms with Crippen LogP contribution in [0.4, 0.5) is 20.3 Å². The number of halogens is 2. The number of methoxy groups -OCH3 is 1. The van der Waals surface area contributed by atoms with Crippen LogP contribution in [0, 0.1) is 29.9 Å². The van der Waals surface area contributed by atoms with Gasteiger partial charge in [0.05, 0.1) is 12.8 Å². The average molecular weight is 333 g/mol. The van der Waals surface area contributed by atoms with Gasteiger partial charge in [0.1, 0.15) is 23.3 Å². The topological polar surface area (TPSA) is 75.0 Å². The zero-order valence-corrected chi connectivity index (χ0v) is 13.8. The van der Waals surface area contributed by atoms with Crippen LogP contribution in [0.3, 0.4) is 0 Å². The van der Waals surface area contributed by atoms with Gasteiger partial charge in [-0.25, -0.2) is 18.6 Å². The van der Waals surface area contributed by atoms with Crippen molar-refractivity contribution < 1.29 is 18.3 Å². The molecule has 7 heteroatoms. The predicted octanol–water partition coefficient (Wildman–Crippen LogP) is 4.10. The summed E-state index contributed by atoms with van der Waals surface area (Å²) in [4.78, 5) is 15.4. The highest BCUT2D eigenvalue weighted by molar-refractivity contribution is 5.95. The Hall–Kier alpha value is -3.01. The second-order valence-corrected chi connectivity index (χ2v) is 4.43. The molecule has 1 N–H and O–H groups in total. The maximum atomic E-state index is 13.9. The maximum Gasteiger partial charge on any atom is 0.341 e. The Kier molecular flexibility index (Phi) is 6.80. The number of aromatic nitrogens is 1. The molecular weight excluding hydrogens is 316 g/mol. The summed E-state index contributed by atoms with van der Waals surface area (Å²) in [6.45, 7) is 5.72. The molecule has 0 spiro atoms. The van der Waals surface area contributed by atoms with E-state index >= 15 is 0 Å². The Morgan fingerprint density at radius 3 is 2.46 bits per heavy atom. The van der Waals surface area contributed by atoms with Crippen LogP contribution < -0.4 is 5.32 Å². The lowest BCUT2D eigenvalue weighted by molar-refractivity contribution is 0.0601. The van der Waals surface area contributed by atoms with E-state index in [2.05, 4.69) is 15.0 Å². The minimum Gasteiger partial charge on any atom is -0.465 e. The third-order valence-electron chi connectivity index (χ3n) is 2.86. The SMILES string of the molecule is CC.COC(=O)c1cc(F)c(C#N)nc1Nc1ccc(C)cc1F. The van der Waals surface area contributed by atoms with Gasteiger partial charge in [-0.05, 0) is 30.7 Å². The summed E-state index contributed by atoms with van der Waals surface area (Å²) < 4.78 is 32.0. The molecule has 0 saturated heterocycles. The summed E-state index contributed by atoms with van der Waals surface area (Å²) in [7, 11) is 1.12. The fourth-order valence-corrected chi connectivity index (χ4v) is 1.78. The number of rotatable bonds is 3. The van der Waals surface area contributed by atoms with Gasteiger partial charge in [-0.2, -0.15) is 5.26 Å². The quantitative estimate of drug-likeness (QED) is 0.856. The van der Waals surface area contributed by atoms with Crippen molar-refractivity contribution in [2.24, 2.45) is 0 Å². The first-order chi connectivity index (χ1) is 11.5. The lowest BCUT2D eigenvalue weighted by atomic mass is 10.2. The number of hydrogen-bond acceptors (Lipinski definition) is 5. The van der Waals surface area contributed by atoms with Crippen molar-refractivity contribution in [2.45, 2.75) is 20.8 Å². The molecule has 0 aliphatic carbocycles. The van der Waals surface area contributed by atoms with Gasteiger partial charge in [-0.1, -0.05) is 19.9 Å². The molecule has 1 heterocycles. The van der Waals surface area contributed by atoms with E-state index in [0.717, 1.165) is 13.2 Å². The van der Waals surface area contributed by atoms with Crippen molar-refractivity contribution in [3.8, 4) is 6.07 Å². The number of nitrogens with one attached hydrogen (secondary N) is 1. The van der Waals surface area contributed by atoms with Gasteiger partial charge in [-0.15, -0.1) is 0 Å². The molecule has 0 aliphatic rings. The van der Waals surface area contributed by atoms with E-state index in [4.69, 9.17) is 5.26 Å². The number of hydrogen-bond donors (Lipinski definition) is 1. The number of nitriles is 1. The van der Waals surface area contributed by atoms with Crippen molar-refractivity contribution >= 4 is 17.5 Å². The largest absolute Gasteiger partial charge is 0.465 e. The van der Waals surface area contributed by atoms with Crippen LogP contribution in [-0.4, -0.2) is 18.1 Å². The van der Waals surface area contributed by atoms with Gasteiger partial charge >= 0.3 is 5.97 Å². The predicted molar refractivity (Wildman–Crippen MR) is 86.0 cm³/mol. The highest BCUT2D eigenvalue weighted by Crippen LogP contribution is 2.24. The third-order valence-corrected chi connectivity index (χ3v) is 2.86. The highest BCUT2D eigenvalue weighted by atomic mass is 19.1. The van der Waals surface area contributed by atoms with Crippen LogP contribution in [-0.2, 0) is 4.74 Å². The number of esters is 1. The highest BCUT2D eigenvalue weighted by Gasteiger charge is 2.19. The summed E-state index contributed by atoms with van der Waals surface area (Å²) in [6, 6.07) is 6.77. The van der Waals surface area contributed by atoms with Crippen LogP contribution in [0.2, 0.25) is 0 Å². The minimum atomic E-state index is -0.960. The van der Waals surface area contributed by atoms with Crippen molar-refractivity contribution in [3.63, 3.8) is 0 Å². The summed E-state index contributed by atoms with van der Waals surface area (Å²) in [6.07, 6.45) is 0. The summed E-state index contributed by atoms with van der Waals surface area (Å²) in [5.74, 6) is -2.54. The van der Waals surface area contributed by atoms with E-state index in [9.17, 15) is 13.6 Å². The van der Waals surface area contributed by atoms with Gasteiger partial charge in [0.15, 0.2) is 11.5 Å². The molecule has 0 aliphatic heterocycles. The van der Waals surface area contributed by atoms with Crippen LogP contribution in [0.25, 0.3) is 0 Å². The molecule has 5 nitrogen and oxygen atoms in total. The van der Waals surface area contributed by atoms with Gasteiger partial charge in [0, 0.05) is 0 Å². The third kappa shape index (κ3) is 4.26. The molecule has 2 rings (SSSR count). The number of aryl methyl sites for hydroxylation is 1. The Morgan fingerprint density at radius 2 is 1.92 bits per heavy atom. The Bertz CT molecular complexity index is 786. The smallest absolute Gasteiger partial charge is 0.341 e. The summed E-state index contributed by atoms with van der Waals surface area (Å²) >= 11 is 0. The molecule has 126 valence electrons.